The Morgan fingerprint density at radius 2 is 2.00 bits per heavy atom. The molecule has 0 radical (unpaired) electrons. The Labute approximate surface area is 117 Å². The smallest absolute Gasteiger partial charge is 0.326 e. The Balaban J connectivity index is 2.82. The number of carboxylic acid groups (broad SMARTS) is 1. The van der Waals surface area contributed by atoms with Crippen LogP contribution in [0.1, 0.15) is 22.3 Å². The number of hydrogen-bond acceptors (Lipinski definition) is 4. The van der Waals surface area contributed by atoms with E-state index in [0.29, 0.717) is 12.0 Å². The topological polar surface area (TPSA) is 98.7 Å². The molecule has 4 N–H and O–H groups in total. The van der Waals surface area contributed by atoms with Crippen LogP contribution in [0.4, 0.5) is 0 Å². The molecular weight excluding hydrogens is 260 g/mol. The van der Waals surface area contributed by atoms with Gasteiger partial charge in [-0.1, -0.05) is 18.2 Å². The molecule has 0 fully saturated rings. The van der Waals surface area contributed by atoms with Gasteiger partial charge in [-0.05, 0) is 31.6 Å². The number of aliphatic hydroxyl groups is 1. The number of nitrogens with one attached hydrogen (secondary N) is 2. The number of carbonyl (C=O) groups excluding carboxylic acids is 1. The molecule has 1 rings (SSSR count). The van der Waals surface area contributed by atoms with E-state index in [4.69, 9.17) is 10.2 Å². The van der Waals surface area contributed by atoms with Crippen LogP contribution < -0.4 is 10.6 Å². The molecule has 0 heterocycles. The van der Waals surface area contributed by atoms with Gasteiger partial charge in [0.15, 0.2) is 0 Å². The van der Waals surface area contributed by atoms with Crippen molar-refractivity contribution in [3.63, 3.8) is 0 Å². The summed E-state index contributed by atoms with van der Waals surface area (Å²) >= 11 is 0. The first-order chi connectivity index (χ1) is 9.60. The zero-order valence-corrected chi connectivity index (χ0v) is 11.4. The van der Waals surface area contributed by atoms with Crippen molar-refractivity contribution < 1.29 is 19.8 Å². The maximum atomic E-state index is 12.1. The van der Waals surface area contributed by atoms with Gasteiger partial charge < -0.3 is 20.8 Å². The standard InChI is InChI=1S/C14H20N2O4/c1-15-8-6-10-4-2-3-5-11(10)13(18)16-12(7-9-17)14(19)20/h2-5,12,15,17H,6-9H2,1H3,(H,16,18)(H,19,20)/t12-/m1/s1. The zero-order chi connectivity index (χ0) is 15.0. The molecule has 0 unspecified atom stereocenters. The van der Waals surface area contributed by atoms with E-state index in [2.05, 4.69) is 10.6 Å². The minimum Gasteiger partial charge on any atom is -0.480 e. The fraction of sp³-hybridized carbons (Fsp3) is 0.429. The molecule has 0 aliphatic rings. The molecule has 6 nitrogen and oxygen atoms in total. The monoisotopic (exact) mass is 280 g/mol. The fourth-order valence-electron chi connectivity index (χ4n) is 1.84. The minimum absolute atomic E-state index is 0.0141. The highest BCUT2D eigenvalue weighted by molar-refractivity contribution is 5.97. The molecule has 20 heavy (non-hydrogen) atoms. The summed E-state index contributed by atoms with van der Waals surface area (Å²) in [6, 6.07) is 6.00. The van der Waals surface area contributed by atoms with E-state index < -0.39 is 17.9 Å². The van der Waals surface area contributed by atoms with Gasteiger partial charge in [0.25, 0.3) is 5.91 Å². The summed E-state index contributed by atoms with van der Waals surface area (Å²) < 4.78 is 0. The van der Waals surface area contributed by atoms with E-state index in [-0.39, 0.29) is 13.0 Å². The highest BCUT2D eigenvalue weighted by Gasteiger charge is 2.21. The Hall–Kier alpha value is -1.92. The normalized spacial score (nSPS) is 11.9. The van der Waals surface area contributed by atoms with Gasteiger partial charge in [0, 0.05) is 18.6 Å². The van der Waals surface area contributed by atoms with Crippen LogP contribution in [-0.2, 0) is 11.2 Å². The molecule has 1 amide bonds. The lowest BCUT2D eigenvalue weighted by Crippen LogP contribution is -2.41. The van der Waals surface area contributed by atoms with Crippen LogP contribution in [-0.4, -0.2) is 48.3 Å². The molecule has 1 aromatic carbocycles. The third-order valence-electron chi connectivity index (χ3n) is 2.93. The molecule has 0 aromatic heterocycles. The van der Waals surface area contributed by atoms with Gasteiger partial charge in [-0.15, -0.1) is 0 Å². The summed E-state index contributed by atoms with van der Waals surface area (Å²) in [5, 5.41) is 23.2. The van der Waals surface area contributed by atoms with Crippen molar-refractivity contribution in [2.24, 2.45) is 0 Å². The SMILES string of the molecule is CNCCc1ccccc1C(=O)N[C@H](CCO)C(=O)O. The van der Waals surface area contributed by atoms with E-state index in [1.165, 1.54) is 0 Å². The molecule has 6 heteroatoms. The van der Waals surface area contributed by atoms with Crippen molar-refractivity contribution >= 4 is 11.9 Å². The van der Waals surface area contributed by atoms with Gasteiger partial charge >= 0.3 is 5.97 Å². The lowest BCUT2D eigenvalue weighted by Gasteiger charge is -2.15. The van der Waals surface area contributed by atoms with Crippen LogP contribution in [0.25, 0.3) is 0 Å². The van der Waals surface area contributed by atoms with Crippen molar-refractivity contribution in [3.8, 4) is 0 Å². The number of likely N-dealkylation sites (N-methyl/N-ethyl adjacent to an activating group) is 1. The predicted octanol–water partition coefficient (Wildman–Crippen LogP) is 0.0139. The number of benzene rings is 1. The maximum absolute atomic E-state index is 12.1. The molecule has 1 aromatic rings. The Morgan fingerprint density at radius 3 is 2.60 bits per heavy atom. The fourth-order valence-corrected chi connectivity index (χ4v) is 1.84. The molecule has 0 spiro atoms. The van der Waals surface area contributed by atoms with Gasteiger partial charge in [-0.2, -0.15) is 0 Å². The summed E-state index contributed by atoms with van der Waals surface area (Å²) in [5.74, 6) is -1.59. The van der Waals surface area contributed by atoms with Crippen LogP contribution in [0, 0.1) is 0 Å². The van der Waals surface area contributed by atoms with Crippen molar-refractivity contribution in [2.75, 3.05) is 20.2 Å². The molecule has 0 bridgehead atoms. The number of hydrogen-bond donors (Lipinski definition) is 4. The second-order valence-electron chi connectivity index (χ2n) is 4.39. The molecule has 0 aliphatic heterocycles. The number of aliphatic carboxylic acids is 1. The van der Waals surface area contributed by atoms with Crippen LogP contribution in [0.5, 0.6) is 0 Å². The Morgan fingerprint density at radius 1 is 1.30 bits per heavy atom. The quantitative estimate of drug-likeness (QED) is 0.538. The van der Waals surface area contributed by atoms with Crippen LogP contribution >= 0.6 is 0 Å². The third kappa shape index (κ3) is 4.64. The van der Waals surface area contributed by atoms with Crippen molar-refractivity contribution in [1.29, 1.82) is 0 Å². The van der Waals surface area contributed by atoms with E-state index in [9.17, 15) is 9.59 Å². The van der Waals surface area contributed by atoms with Gasteiger partial charge in [0.05, 0.1) is 0 Å². The molecule has 110 valence electrons. The summed E-state index contributed by atoms with van der Waals surface area (Å²) in [6.45, 7) is 0.432. The summed E-state index contributed by atoms with van der Waals surface area (Å²) in [5.41, 5.74) is 1.32. The minimum atomic E-state index is -1.15. The summed E-state index contributed by atoms with van der Waals surface area (Å²) in [7, 11) is 1.82. The van der Waals surface area contributed by atoms with Crippen LogP contribution in [0.3, 0.4) is 0 Å². The second-order valence-corrected chi connectivity index (χ2v) is 4.39. The average molecular weight is 280 g/mol. The number of aliphatic hydroxyl groups excluding tert-OH is 1. The van der Waals surface area contributed by atoms with E-state index >= 15 is 0 Å². The number of amides is 1. The van der Waals surface area contributed by atoms with E-state index in [1.54, 1.807) is 12.1 Å². The highest BCUT2D eigenvalue weighted by atomic mass is 16.4. The molecule has 0 saturated carbocycles. The summed E-state index contributed by atoms with van der Waals surface area (Å²) in [6.07, 6.45) is 0.664. The van der Waals surface area contributed by atoms with Crippen molar-refractivity contribution in [2.45, 2.75) is 18.9 Å². The molecule has 0 saturated heterocycles. The first-order valence-corrected chi connectivity index (χ1v) is 6.47. The predicted molar refractivity (Wildman–Crippen MR) is 74.7 cm³/mol. The lowest BCUT2D eigenvalue weighted by atomic mass is 10.0. The summed E-state index contributed by atoms with van der Waals surface area (Å²) in [4.78, 5) is 23.1. The van der Waals surface area contributed by atoms with E-state index in [0.717, 1.165) is 12.1 Å². The highest BCUT2D eigenvalue weighted by Crippen LogP contribution is 2.10. The third-order valence-corrected chi connectivity index (χ3v) is 2.93. The molecule has 1 atom stereocenters. The average Bonchev–Trinajstić information content (AvgIpc) is 2.44. The van der Waals surface area contributed by atoms with Gasteiger partial charge in [0.2, 0.25) is 0 Å². The van der Waals surface area contributed by atoms with Crippen LogP contribution in [0.2, 0.25) is 0 Å². The molecule has 0 aliphatic carbocycles. The Kier molecular flexibility index (Phi) is 6.69. The first kappa shape index (κ1) is 16.1. The van der Waals surface area contributed by atoms with Crippen molar-refractivity contribution in [3.05, 3.63) is 35.4 Å². The number of carbonyl (C=O) groups is 2. The molecular formula is C14H20N2O4. The van der Waals surface area contributed by atoms with E-state index in [1.807, 2.05) is 19.2 Å². The van der Waals surface area contributed by atoms with Gasteiger partial charge in [0.1, 0.15) is 6.04 Å². The van der Waals surface area contributed by atoms with Crippen LogP contribution in [0.15, 0.2) is 24.3 Å². The number of carboxylic acids is 1. The lowest BCUT2D eigenvalue weighted by molar-refractivity contribution is -0.139. The Bertz CT molecular complexity index is 462. The number of rotatable bonds is 8. The maximum Gasteiger partial charge on any atom is 0.326 e. The first-order valence-electron chi connectivity index (χ1n) is 6.47. The second kappa shape index (κ2) is 8.29. The van der Waals surface area contributed by atoms with Gasteiger partial charge in [-0.25, -0.2) is 4.79 Å². The zero-order valence-electron chi connectivity index (χ0n) is 11.4. The van der Waals surface area contributed by atoms with Crippen molar-refractivity contribution in [1.82, 2.24) is 10.6 Å². The largest absolute Gasteiger partial charge is 0.480 e. The van der Waals surface area contributed by atoms with Gasteiger partial charge in [-0.3, -0.25) is 4.79 Å².